The molecule has 3 rings (SSSR count). The van der Waals surface area contributed by atoms with E-state index < -0.39 is 5.97 Å². The molecule has 0 saturated carbocycles. The van der Waals surface area contributed by atoms with Gasteiger partial charge in [0.25, 0.3) is 5.91 Å². The first-order valence-corrected chi connectivity index (χ1v) is 7.53. The summed E-state index contributed by atoms with van der Waals surface area (Å²) in [5.41, 5.74) is 2.39. The Morgan fingerprint density at radius 2 is 2.13 bits per heavy atom. The minimum absolute atomic E-state index is 0.0564. The number of aliphatic carboxylic acids is 1. The summed E-state index contributed by atoms with van der Waals surface area (Å²) in [5.74, 6) is -1.35. The number of carboxylic acids is 1. The molecule has 1 aliphatic heterocycles. The molecule has 23 heavy (non-hydrogen) atoms. The summed E-state index contributed by atoms with van der Waals surface area (Å²) in [6, 6.07) is 5.30. The molecule has 0 fully saturated rings. The molecular formula is C15H11Cl2N3O3. The second kappa shape index (κ2) is 6.14. The van der Waals surface area contributed by atoms with E-state index in [2.05, 4.69) is 9.97 Å². The normalized spacial score (nSPS) is 13.8. The van der Waals surface area contributed by atoms with E-state index in [-0.39, 0.29) is 17.7 Å². The lowest BCUT2D eigenvalue weighted by atomic mass is 9.95. The van der Waals surface area contributed by atoms with E-state index in [1.807, 2.05) is 12.1 Å². The van der Waals surface area contributed by atoms with Gasteiger partial charge in [-0.15, -0.1) is 0 Å². The summed E-state index contributed by atoms with van der Waals surface area (Å²) < 4.78 is 0. The zero-order chi connectivity index (χ0) is 16.6. The van der Waals surface area contributed by atoms with Gasteiger partial charge in [0.05, 0.1) is 16.9 Å². The fourth-order valence-corrected chi connectivity index (χ4v) is 2.86. The molecule has 1 aromatic carbocycles. The van der Waals surface area contributed by atoms with Crippen LogP contribution < -0.4 is 0 Å². The SMILES string of the molecule is O=C(O)CN1CCc2ccc(-c3nc(Cl)ncc3Cl)cc2C1=O. The van der Waals surface area contributed by atoms with Crippen molar-refractivity contribution in [3.8, 4) is 11.3 Å². The fraction of sp³-hybridized carbons (Fsp3) is 0.200. The van der Waals surface area contributed by atoms with Crippen LogP contribution in [0.4, 0.5) is 0 Å². The Balaban J connectivity index is 2.02. The predicted octanol–water partition coefficient (Wildman–Crippen LogP) is 2.53. The molecule has 0 bridgehead atoms. The van der Waals surface area contributed by atoms with Gasteiger partial charge in [-0.05, 0) is 29.7 Å². The second-order valence-electron chi connectivity index (χ2n) is 5.08. The lowest BCUT2D eigenvalue weighted by Gasteiger charge is -2.27. The van der Waals surface area contributed by atoms with Crippen LogP contribution in [0, 0.1) is 0 Å². The molecule has 118 valence electrons. The molecule has 8 heteroatoms. The molecule has 0 saturated heterocycles. The van der Waals surface area contributed by atoms with Crippen LogP contribution in [0.1, 0.15) is 15.9 Å². The van der Waals surface area contributed by atoms with Gasteiger partial charge in [0.1, 0.15) is 6.54 Å². The van der Waals surface area contributed by atoms with E-state index in [4.69, 9.17) is 28.3 Å². The molecule has 1 aliphatic rings. The van der Waals surface area contributed by atoms with Gasteiger partial charge in [0.15, 0.2) is 0 Å². The highest BCUT2D eigenvalue weighted by molar-refractivity contribution is 6.33. The predicted molar refractivity (Wildman–Crippen MR) is 84.7 cm³/mol. The molecule has 0 aliphatic carbocycles. The molecule has 1 aromatic heterocycles. The number of carbonyl (C=O) groups is 2. The minimum Gasteiger partial charge on any atom is -0.480 e. The lowest BCUT2D eigenvalue weighted by molar-refractivity contribution is -0.137. The first kappa shape index (κ1) is 15.7. The van der Waals surface area contributed by atoms with Crippen LogP contribution in [0.25, 0.3) is 11.3 Å². The number of halogens is 2. The lowest BCUT2D eigenvalue weighted by Crippen LogP contribution is -2.40. The van der Waals surface area contributed by atoms with Crippen molar-refractivity contribution in [1.29, 1.82) is 0 Å². The monoisotopic (exact) mass is 351 g/mol. The molecule has 1 amide bonds. The Morgan fingerprint density at radius 3 is 2.87 bits per heavy atom. The summed E-state index contributed by atoms with van der Waals surface area (Å²) in [6.07, 6.45) is 2.00. The number of amides is 1. The van der Waals surface area contributed by atoms with Crippen molar-refractivity contribution in [3.63, 3.8) is 0 Å². The van der Waals surface area contributed by atoms with Crippen LogP contribution in [-0.2, 0) is 11.2 Å². The highest BCUT2D eigenvalue weighted by Crippen LogP contribution is 2.30. The Labute approximate surface area is 141 Å². The van der Waals surface area contributed by atoms with Crippen molar-refractivity contribution in [2.24, 2.45) is 0 Å². The Hall–Kier alpha value is -2.18. The second-order valence-corrected chi connectivity index (χ2v) is 5.82. The van der Waals surface area contributed by atoms with Crippen molar-refractivity contribution < 1.29 is 14.7 Å². The van der Waals surface area contributed by atoms with Gasteiger partial charge in [-0.25, -0.2) is 9.97 Å². The summed E-state index contributed by atoms with van der Waals surface area (Å²) in [7, 11) is 0. The van der Waals surface area contributed by atoms with Crippen LogP contribution in [-0.4, -0.2) is 44.9 Å². The maximum absolute atomic E-state index is 12.5. The maximum Gasteiger partial charge on any atom is 0.323 e. The minimum atomic E-state index is -1.04. The highest BCUT2D eigenvalue weighted by Gasteiger charge is 2.26. The van der Waals surface area contributed by atoms with Gasteiger partial charge < -0.3 is 10.0 Å². The highest BCUT2D eigenvalue weighted by atomic mass is 35.5. The van der Waals surface area contributed by atoms with E-state index in [9.17, 15) is 9.59 Å². The van der Waals surface area contributed by atoms with Gasteiger partial charge in [-0.2, -0.15) is 0 Å². The molecule has 0 unspecified atom stereocenters. The number of rotatable bonds is 3. The number of carbonyl (C=O) groups excluding carboxylic acids is 1. The first-order valence-electron chi connectivity index (χ1n) is 6.78. The van der Waals surface area contributed by atoms with E-state index in [1.165, 1.54) is 11.1 Å². The van der Waals surface area contributed by atoms with Crippen LogP contribution in [0.3, 0.4) is 0 Å². The fourth-order valence-electron chi connectivity index (χ4n) is 2.53. The first-order chi connectivity index (χ1) is 11.0. The zero-order valence-corrected chi connectivity index (χ0v) is 13.3. The van der Waals surface area contributed by atoms with Crippen molar-refractivity contribution in [2.75, 3.05) is 13.1 Å². The van der Waals surface area contributed by atoms with Crippen molar-refractivity contribution in [3.05, 3.63) is 45.8 Å². The van der Waals surface area contributed by atoms with Crippen LogP contribution in [0.2, 0.25) is 10.3 Å². The third-order valence-electron chi connectivity index (χ3n) is 3.59. The molecule has 0 radical (unpaired) electrons. The van der Waals surface area contributed by atoms with E-state index in [0.29, 0.717) is 34.8 Å². The number of fused-ring (bicyclic) bond motifs is 1. The molecule has 2 heterocycles. The quantitative estimate of drug-likeness (QED) is 0.859. The number of nitrogens with zero attached hydrogens (tertiary/aromatic N) is 3. The Kier molecular flexibility index (Phi) is 4.19. The van der Waals surface area contributed by atoms with E-state index >= 15 is 0 Å². The molecule has 1 N–H and O–H groups in total. The smallest absolute Gasteiger partial charge is 0.323 e. The molecule has 6 nitrogen and oxygen atoms in total. The molecule has 2 aromatic rings. The average Bonchev–Trinajstić information content (AvgIpc) is 2.52. The number of aromatic nitrogens is 2. The van der Waals surface area contributed by atoms with Gasteiger partial charge in [0.2, 0.25) is 5.28 Å². The maximum atomic E-state index is 12.5. The van der Waals surface area contributed by atoms with Crippen molar-refractivity contribution >= 4 is 35.1 Å². The van der Waals surface area contributed by atoms with Crippen molar-refractivity contribution in [1.82, 2.24) is 14.9 Å². The van der Waals surface area contributed by atoms with Crippen LogP contribution >= 0.6 is 23.2 Å². The average molecular weight is 352 g/mol. The third-order valence-corrected chi connectivity index (χ3v) is 4.05. The number of hydrogen-bond donors (Lipinski definition) is 1. The van der Waals surface area contributed by atoms with Crippen molar-refractivity contribution in [2.45, 2.75) is 6.42 Å². The molecule has 0 atom stereocenters. The topological polar surface area (TPSA) is 83.4 Å². The Morgan fingerprint density at radius 1 is 1.35 bits per heavy atom. The zero-order valence-electron chi connectivity index (χ0n) is 11.8. The van der Waals surface area contributed by atoms with Gasteiger partial charge in [-0.3, -0.25) is 9.59 Å². The standard InChI is InChI=1S/C15H11Cl2N3O3/c16-11-6-18-15(17)19-13(11)9-2-1-8-3-4-20(7-12(21)22)14(23)10(8)5-9/h1-2,5-6H,3-4,7H2,(H,21,22). The molecule has 0 spiro atoms. The largest absolute Gasteiger partial charge is 0.480 e. The number of carboxylic acid groups (broad SMARTS) is 1. The van der Waals surface area contributed by atoms with Gasteiger partial charge >= 0.3 is 5.97 Å². The Bertz CT molecular complexity index is 811. The summed E-state index contributed by atoms with van der Waals surface area (Å²) >= 11 is 11.9. The van der Waals surface area contributed by atoms with Gasteiger partial charge in [0, 0.05) is 17.7 Å². The summed E-state index contributed by atoms with van der Waals surface area (Å²) in [5, 5.41) is 9.26. The van der Waals surface area contributed by atoms with Crippen LogP contribution in [0.5, 0.6) is 0 Å². The summed E-state index contributed by atoms with van der Waals surface area (Å²) in [6.45, 7) is 0.0696. The van der Waals surface area contributed by atoms with E-state index in [0.717, 1.165) is 5.56 Å². The third kappa shape index (κ3) is 3.13. The summed E-state index contributed by atoms with van der Waals surface area (Å²) in [4.78, 5) is 32.5. The van der Waals surface area contributed by atoms with Gasteiger partial charge in [-0.1, -0.05) is 23.7 Å². The number of hydrogen-bond acceptors (Lipinski definition) is 4. The number of benzene rings is 1. The van der Waals surface area contributed by atoms with Crippen LogP contribution in [0.15, 0.2) is 24.4 Å². The van der Waals surface area contributed by atoms with E-state index in [1.54, 1.807) is 6.07 Å². The molecular weight excluding hydrogens is 341 g/mol.